The lowest BCUT2D eigenvalue weighted by molar-refractivity contribution is -0.134. The van der Waals surface area contributed by atoms with Crippen molar-refractivity contribution in [2.45, 2.75) is 0 Å². The number of benzene rings is 1. The van der Waals surface area contributed by atoms with E-state index >= 15 is 0 Å². The maximum absolute atomic E-state index is 6.09. The third kappa shape index (κ3) is 3.75. The van der Waals surface area contributed by atoms with Crippen molar-refractivity contribution in [3.63, 3.8) is 0 Å². The lowest BCUT2D eigenvalue weighted by Gasteiger charge is -2.13. The van der Waals surface area contributed by atoms with Gasteiger partial charge in [-0.1, -0.05) is 11.6 Å². The Labute approximate surface area is 132 Å². The monoisotopic (exact) mass is 326 g/mol. The van der Waals surface area contributed by atoms with Gasteiger partial charge in [-0.15, -0.1) is 0 Å². The highest BCUT2D eigenvalue weighted by Gasteiger charge is 2.12. The molecule has 1 aliphatic heterocycles. The molecule has 2 heterocycles. The fourth-order valence-corrected chi connectivity index (χ4v) is 2.14. The highest BCUT2D eigenvalue weighted by Crippen LogP contribution is 2.34. The van der Waals surface area contributed by atoms with E-state index in [-0.39, 0.29) is 13.6 Å². The molecule has 0 radical (unpaired) electrons. The molecule has 0 aliphatic carbocycles. The van der Waals surface area contributed by atoms with Gasteiger partial charge in [-0.3, -0.25) is 0 Å². The van der Waals surface area contributed by atoms with Crippen LogP contribution in [0.5, 0.6) is 11.5 Å². The molecule has 1 aromatic carbocycles. The number of hydrogen-bond acceptors (Lipinski definition) is 7. The molecule has 0 bridgehead atoms. The summed E-state index contributed by atoms with van der Waals surface area (Å²) in [6, 6.07) is 3.54. The van der Waals surface area contributed by atoms with E-state index in [2.05, 4.69) is 9.97 Å². The van der Waals surface area contributed by atoms with Crippen LogP contribution in [0.2, 0.25) is 5.15 Å². The zero-order valence-electron chi connectivity index (χ0n) is 11.8. The van der Waals surface area contributed by atoms with Crippen LogP contribution in [0.25, 0.3) is 10.9 Å². The van der Waals surface area contributed by atoms with Gasteiger partial charge in [0.05, 0.1) is 18.7 Å². The molecule has 0 unspecified atom stereocenters. The topological polar surface area (TPSA) is 71.9 Å². The number of ether oxygens (including phenoxy) is 5. The Morgan fingerprint density at radius 3 is 2.23 bits per heavy atom. The third-order valence-electron chi connectivity index (χ3n) is 2.96. The average molecular weight is 327 g/mol. The van der Waals surface area contributed by atoms with Crippen LogP contribution in [0, 0.1) is 0 Å². The van der Waals surface area contributed by atoms with Crippen molar-refractivity contribution in [3.8, 4) is 11.5 Å². The molecule has 7 nitrogen and oxygen atoms in total. The van der Waals surface area contributed by atoms with Gasteiger partial charge < -0.3 is 23.7 Å². The molecular weight excluding hydrogens is 312 g/mol. The second-order valence-electron chi connectivity index (χ2n) is 4.43. The van der Waals surface area contributed by atoms with Crippen LogP contribution in [-0.4, -0.2) is 50.0 Å². The fourth-order valence-electron chi connectivity index (χ4n) is 1.95. The first-order chi connectivity index (χ1) is 10.8. The van der Waals surface area contributed by atoms with Gasteiger partial charge in [0, 0.05) is 11.5 Å². The average Bonchev–Trinajstić information content (AvgIpc) is 2.54. The molecule has 3 rings (SSSR count). The van der Waals surface area contributed by atoms with Gasteiger partial charge in [-0.25, -0.2) is 9.97 Å². The lowest BCUT2D eigenvalue weighted by Crippen LogP contribution is -2.11. The number of halogens is 1. The Bertz CT molecular complexity index is 640. The van der Waals surface area contributed by atoms with Gasteiger partial charge in [0.1, 0.15) is 38.3 Å². The van der Waals surface area contributed by atoms with Crippen LogP contribution in [-0.2, 0) is 14.2 Å². The van der Waals surface area contributed by atoms with Gasteiger partial charge in [0.15, 0.2) is 11.5 Å². The van der Waals surface area contributed by atoms with E-state index in [9.17, 15) is 0 Å². The Kier molecular flexibility index (Phi) is 5.23. The minimum absolute atomic E-state index is 0.161. The van der Waals surface area contributed by atoms with Gasteiger partial charge in [-0.05, 0) is 6.07 Å². The Balaban J connectivity index is 1.88. The number of fused-ring (bicyclic) bond motifs is 2. The smallest absolute Gasteiger partial charge is 0.163 e. The van der Waals surface area contributed by atoms with Crippen LogP contribution in [0.15, 0.2) is 18.5 Å². The summed E-state index contributed by atoms with van der Waals surface area (Å²) in [5.41, 5.74) is 0.687. The molecule has 0 saturated carbocycles. The minimum atomic E-state index is 0.161. The molecular formula is C14H15ClN2O5. The molecule has 0 atom stereocenters. The molecule has 118 valence electrons. The first-order valence-corrected chi connectivity index (χ1v) is 7.15. The Hall–Kier alpha value is -1.67. The van der Waals surface area contributed by atoms with Crippen molar-refractivity contribution >= 4 is 22.5 Å². The van der Waals surface area contributed by atoms with Crippen LogP contribution in [0.1, 0.15) is 0 Å². The maximum atomic E-state index is 6.09. The second-order valence-corrected chi connectivity index (χ2v) is 4.79. The molecule has 8 heteroatoms. The number of hydrogen-bond donors (Lipinski definition) is 0. The summed E-state index contributed by atoms with van der Waals surface area (Å²) in [7, 11) is 0. The van der Waals surface area contributed by atoms with E-state index in [1.54, 1.807) is 12.1 Å². The number of nitrogens with zero attached hydrogens (tertiary/aromatic N) is 2. The second kappa shape index (κ2) is 7.55. The third-order valence-corrected chi connectivity index (χ3v) is 3.26. The number of rotatable bonds is 0. The molecule has 0 spiro atoms. The van der Waals surface area contributed by atoms with Crippen LogP contribution < -0.4 is 9.47 Å². The molecule has 1 aliphatic rings. The summed E-state index contributed by atoms with van der Waals surface area (Å²) in [6.45, 7) is 1.83. The van der Waals surface area contributed by atoms with E-state index in [1.807, 2.05) is 0 Å². The maximum Gasteiger partial charge on any atom is 0.163 e. The van der Waals surface area contributed by atoms with Crippen molar-refractivity contribution in [1.29, 1.82) is 0 Å². The standard InChI is InChI=1S/C14H15ClN2O5/c15-14-10-5-12-13(6-11(10)16-7-17-14)22-4-2-19-9-20-8-18-1-3-21-12/h5-7H,1-4,8-9H2. The van der Waals surface area contributed by atoms with Crippen molar-refractivity contribution in [2.75, 3.05) is 40.0 Å². The van der Waals surface area contributed by atoms with Gasteiger partial charge >= 0.3 is 0 Å². The fraction of sp³-hybridized carbons (Fsp3) is 0.429. The Morgan fingerprint density at radius 2 is 1.50 bits per heavy atom. The van der Waals surface area contributed by atoms with E-state index in [0.717, 1.165) is 0 Å². The van der Waals surface area contributed by atoms with Gasteiger partial charge in [0.2, 0.25) is 0 Å². The van der Waals surface area contributed by atoms with E-state index in [1.165, 1.54) is 6.33 Å². The zero-order chi connectivity index (χ0) is 15.2. The minimum Gasteiger partial charge on any atom is -0.487 e. The van der Waals surface area contributed by atoms with Gasteiger partial charge in [0.25, 0.3) is 0 Å². The quantitative estimate of drug-likeness (QED) is 0.686. The highest BCUT2D eigenvalue weighted by molar-refractivity contribution is 6.34. The molecule has 0 saturated heterocycles. The molecule has 0 amide bonds. The molecule has 0 fully saturated rings. The number of aromatic nitrogens is 2. The molecule has 2 aromatic rings. The Morgan fingerprint density at radius 1 is 0.818 bits per heavy atom. The van der Waals surface area contributed by atoms with Gasteiger partial charge in [-0.2, -0.15) is 0 Å². The molecule has 1 aromatic heterocycles. The van der Waals surface area contributed by atoms with Crippen molar-refractivity contribution in [1.82, 2.24) is 9.97 Å². The lowest BCUT2D eigenvalue weighted by atomic mass is 10.2. The zero-order valence-corrected chi connectivity index (χ0v) is 12.5. The van der Waals surface area contributed by atoms with Crippen molar-refractivity contribution in [3.05, 3.63) is 23.6 Å². The van der Waals surface area contributed by atoms with Crippen LogP contribution in [0.3, 0.4) is 0 Å². The molecule has 0 N–H and O–H groups in total. The summed E-state index contributed by atoms with van der Waals surface area (Å²) < 4.78 is 27.0. The van der Waals surface area contributed by atoms with E-state index in [0.29, 0.717) is 54.0 Å². The van der Waals surface area contributed by atoms with Crippen molar-refractivity contribution in [2.24, 2.45) is 0 Å². The van der Waals surface area contributed by atoms with Crippen LogP contribution in [0.4, 0.5) is 0 Å². The SMILES string of the molecule is Clc1ncnc2cc3c(cc12)OCCOCOCOCCO3. The van der Waals surface area contributed by atoms with E-state index < -0.39 is 0 Å². The predicted octanol–water partition coefficient (Wildman–Crippen LogP) is 2.02. The summed E-state index contributed by atoms with van der Waals surface area (Å²) >= 11 is 6.09. The summed E-state index contributed by atoms with van der Waals surface area (Å²) in [6.07, 6.45) is 1.41. The highest BCUT2D eigenvalue weighted by atomic mass is 35.5. The van der Waals surface area contributed by atoms with Crippen LogP contribution >= 0.6 is 11.6 Å². The summed E-state index contributed by atoms with van der Waals surface area (Å²) in [5, 5.41) is 1.07. The first-order valence-electron chi connectivity index (χ1n) is 6.77. The largest absolute Gasteiger partial charge is 0.487 e. The van der Waals surface area contributed by atoms with E-state index in [4.69, 9.17) is 35.3 Å². The first kappa shape index (κ1) is 15.2. The molecule has 22 heavy (non-hydrogen) atoms. The summed E-state index contributed by atoms with van der Waals surface area (Å²) in [5.74, 6) is 1.14. The van der Waals surface area contributed by atoms with Crippen molar-refractivity contribution < 1.29 is 23.7 Å². The predicted molar refractivity (Wildman–Crippen MR) is 78.3 cm³/mol. The summed E-state index contributed by atoms with van der Waals surface area (Å²) in [4.78, 5) is 8.16. The normalized spacial score (nSPS) is 17.3.